The van der Waals surface area contributed by atoms with Crippen LogP contribution in [-0.2, 0) is 7.05 Å². The smallest absolute Gasteiger partial charge is 0.251 e. The van der Waals surface area contributed by atoms with Crippen LogP contribution >= 0.6 is 0 Å². The van der Waals surface area contributed by atoms with Gasteiger partial charge in [0.05, 0.1) is 17.4 Å². The van der Waals surface area contributed by atoms with E-state index in [-0.39, 0.29) is 5.91 Å². The van der Waals surface area contributed by atoms with Crippen molar-refractivity contribution < 1.29 is 4.79 Å². The second kappa shape index (κ2) is 3.73. The first-order chi connectivity index (χ1) is 7.22. The van der Waals surface area contributed by atoms with Gasteiger partial charge >= 0.3 is 0 Å². The van der Waals surface area contributed by atoms with E-state index < -0.39 is 0 Å². The first-order valence-electron chi connectivity index (χ1n) is 4.91. The molecule has 1 amide bonds. The summed E-state index contributed by atoms with van der Waals surface area (Å²) in [6.07, 6.45) is 1.74. The summed E-state index contributed by atoms with van der Waals surface area (Å²) < 4.78 is 1.90. The van der Waals surface area contributed by atoms with Crippen LogP contribution in [0.4, 0.5) is 0 Å². The van der Waals surface area contributed by atoms with E-state index in [1.165, 1.54) is 0 Å². The number of benzene rings is 1. The highest BCUT2D eigenvalue weighted by molar-refractivity contribution is 5.97. The number of amides is 1. The molecule has 0 saturated carbocycles. The third kappa shape index (κ3) is 1.70. The van der Waals surface area contributed by atoms with Crippen LogP contribution in [0.2, 0.25) is 0 Å². The summed E-state index contributed by atoms with van der Waals surface area (Å²) in [5.41, 5.74) is 2.55. The molecule has 0 fully saturated rings. The van der Waals surface area contributed by atoms with Crippen molar-refractivity contribution in [3.8, 4) is 0 Å². The van der Waals surface area contributed by atoms with Gasteiger partial charge < -0.3 is 9.88 Å². The van der Waals surface area contributed by atoms with E-state index in [4.69, 9.17) is 0 Å². The second-order valence-corrected chi connectivity index (χ2v) is 3.42. The summed E-state index contributed by atoms with van der Waals surface area (Å²) in [6.45, 7) is 2.54. The molecule has 0 aliphatic carbocycles. The molecule has 0 radical (unpaired) electrons. The van der Waals surface area contributed by atoms with Crippen molar-refractivity contribution in [1.29, 1.82) is 0 Å². The maximum atomic E-state index is 11.6. The minimum atomic E-state index is -0.0411. The largest absolute Gasteiger partial charge is 0.352 e. The lowest BCUT2D eigenvalue weighted by Gasteiger charge is -2.02. The molecule has 78 valence electrons. The zero-order chi connectivity index (χ0) is 10.8. The maximum absolute atomic E-state index is 11.6. The molecule has 15 heavy (non-hydrogen) atoms. The van der Waals surface area contributed by atoms with Gasteiger partial charge in [0, 0.05) is 19.2 Å². The van der Waals surface area contributed by atoms with E-state index in [2.05, 4.69) is 10.3 Å². The summed E-state index contributed by atoms with van der Waals surface area (Å²) >= 11 is 0. The molecule has 2 rings (SSSR count). The molecule has 0 aliphatic heterocycles. The minimum absolute atomic E-state index is 0.0411. The predicted octanol–water partition coefficient (Wildman–Crippen LogP) is 1.32. The number of nitrogens with one attached hydrogen (secondary N) is 1. The SMILES string of the molecule is CCNC(=O)c1ccc2ncn(C)c2c1. The maximum Gasteiger partial charge on any atom is 0.251 e. The van der Waals surface area contributed by atoms with Crippen molar-refractivity contribution in [2.75, 3.05) is 6.54 Å². The van der Waals surface area contributed by atoms with Crippen molar-refractivity contribution in [1.82, 2.24) is 14.9 Å². The second-order valence-electron chi connectivity index (χ2n) is 3.42. The average molecular weight is 203 g/mol. The molecule has 0 bridgehead atoms. The summed E-state index contributed by atoms with van der Waals surface area (Å²) in [7, 11) is 1.91. The van der Waals surface area contributed by atoms with Gasteiger partial charge in [0.2, 0.25) is 0 Å². The Morgan fingerprint density at radius 2 is 2.33 bits per heavy atom. The number of aryl methyl sites for hydroxylation is 1. The van der Waals surface area contributed by atoms with Crippen LogP contribution in [0.25, 0.3) is 11.0 Å². The molecular formula is C11H13N3O. The number of rotatable bonds is 2. The topological polar surface area (TPSA) is 46.9 Å². The van der Waals surface area contributed by atoms with Crippen molar-refractivity contribution in [2.24, 2.45) is 7.05 Å². The van der Waals surface area contributed by atoms with Gasteiger partial charge in [-0.2, -0.15) is 0 Å². The number of carbonyl (C=O) groups excluding carboxylic acids is 1. The number of fused-ring (bicyclic) bond motifs is 1. The lowest BCUT2D eigenvalue weighted by Crippen LogP contribution is -2.22. The van der Waals surface area contributed by atoms with Gasteiger partial charge in [0.15, 0.2) is 0 Å². The highest BCUT2D eigenvalue weighted by Gasteiger charge is 2.06. The zero-order valence-corrected chi connectivity index (χ0v) is 8.82. The number of carbonyl (C=O) groups is 1. The average Bonchev–Trinajstić information content (AvgIpc) is 2.60. The van der Waals surface area contributed by atoms with E-state index in [1.54, 1.807) is 12.4 Å². The van der Waals surface area contributed by atoms with Crippen LogP contribution in [0.15, 0.2) is 24.5 Å². The highest BCUT2D eigenvalue weighted by atomic mass is 16.1. The lowest BCUT2D eigenvalue weighted by molar-refractivity contribution is 0.0956. The molecule has 1 heterocycles. The number of imidazole rings is 1. The molecule has 4 heteroatoms. The number of hydrogen-bond acceptors (Lipinski definition) is 2. The molecule has 0 unspecified atom stereocenters. The van der Waals surface area contributed by atoms with Crippen LogP contribution in [0.3, 0.4) is 0 Å². The Kier molecular flexibility index (Phi) is 2.41. The van der Waals surface area contributed by atoms with Gasteiger partial charge in [0.1, 0.15) is 0 Å². The van der Waals surface area contributed by atoms with Crippen LogP contribution in [0, 0.1) is 0 Å². The van der Waals surface area contributed by atoms with Crippen molar-refractivity contribution >= 4 is 16.9 Å². The highest BCUT2D eigenvalue weighted by Crippen LogP contribution is 2.13. The fraction of sp³-hybridized carbons (Fsp3) is 0.273. The normalized spacial score (nSPS) is 10.5. The molecule has 0 saturated heterocycles. The van der Waals surface area contributed by atoms with E-state index in [0.717, 1.165) is 11.0 Å². The van der Waals surface area contributed by atoms with Gasteiger partial charge in [-0.05, 0) is 25.1 Å². The number of nitrogens with zero attached hydrogens (tertiary/aromatic N) is 2. The third-order valence-electron chi connectivity index (χ3n) is 2.32. The zero-order valence-electron chi connectivity index (χ0n) is 8.82. The molecule has 0 atom stereocenters. The van der Waals surface area contributed by atoms with Gasteiger partial charge in [-0.15, -0.1) is 0 Å². The number of hydrogen-bond donors (Lipinski definition) is 1. The number of aromatic nitrogens is 2. The van der Waals surface area contributed by atoms with Gasteiger partial charge in [-0.25, -0.2) is 4.98 Å². The minimum Gasteiger partial charge on any atom is -0.352 e. The Bertz CT molecular complexity index is 502. The summed E-state index contributed by atoms with van der Waals surface area (Å²) in [4.78, 5) is 15.8. The third-order valence-corrected chi connectivity index (χ3v) is 2.32. The molecule has 0 aliphatic rings. The Morgan fingerprint density at radius 3 is 3.07 bits per heavy atom. The summed E-state index contributed by atoms with van der Waals surface area (Å²) in [5, 5.41) is 2.77. The van der Waals surface area contributed by atoms with Crippen molar-refractivity contribution in [3.05, 3.63) is 30.1 Å². The van der Waals surface area contributed by atoms with Gasteiger partial charge in [0.25, 0.3) is 5.91 Å². The first kappa shape index (κ1) is 9.71. The van der Waals surface area contributed by atoms with Crippen molar-refractivity contribution in [3.63, 3.8) is 0 Å². The summed E-state index contributed by atoms with van der Waals surface area (Å²) in [5.74, 6) is -0.0411. The lowest BCUT2D eigenvalue weighted by atomic mass is 10.2. The van der Waals surface area contributed by atoms with Gasteiger partial charge in [-0.3, -0.25) is 4.79 Å². The van der Waals surface area contributed by atoms with Crippen LogP contribution in [0.5, 0.6) is 0 Å². The van der Waals surface area contributed by atoms with E-state index >= 15 is 0 Å². The van der Waals surface area contributed by atoms with E-state index in [1.807, 2.05) is 30.7 Å². The van der Waals surface area contributed by atoms with Gasteiger partial charge in [-0.1, -0.05) is 0 Å². The molecule has 0 spiro atoms. The summed E-state index contributed by atoms with van der Waals surface area (Å²) in [6, 6.07) is 5.51. The molecule has 1 aromatic heterocycles. The van der Waals surface area contributed by atoms with E-state index in [0.29, 0.717) is 12.1 Å². The van der Waals surface area contributed by atoms with Crippen LogP contribution in [0.1, 0.15) is 17.3 Å². The molecular weight excluding hydrogens is 190 g/mol. The van der Waals surface area contributed by atoms with Crippen molar-refractivity contribution in [2.45, 2.75) is 6.92 Å². The Labute approximate surface area is 87.9 Å². The van der Waals surface area contributed by atoms with Crippen LogP contribution in [-0.4, -0.2) is 22.0 Å². The fourth-order valence-electron chi connectivity index (χ4n) is 1.53. The van der Waals surface area contributed by atoms with Crippen LogP contribution < -0.4 is 5.32 Å². The quantitative estimate of drug-likeness (QED) is 0.800. The first-order valence-corrected chi connectivity index (χ1v) is 4.91. The Hall–Kier alpha value is -1.84. The Balaban J connectivity index is 2.45. The standard InChI is InChI=1S/C11H13N3O/c1-3-12-11(15)8-4-5-9-10(6-8)14(2)7-13-9/h4-7H,3H2,1-2H3,(H,12,15). The fourth-order valence-corrected chi connectivity index (χ4v) is 1.53. The predicted molar refractivity (Wildman–Crippen MR) is 58.7 cm³/mol. The molecule has 2 aromatic rings. The molecule has 1 aromatic carbocycles. The molecule has 1 N–H and O–H groups in total. The van der Waals surface area contributed by atoms with E-state index in [9.17, 15) is 4.79 Å². The monoisotopic (exact) mass is 203 g/mol. The molecule has 4 nitrogen and oxygen atoms in total. The Morgan fingerprint density at radius 1 is 1.53 bits per heavy atom.